The third-order valence-corrected chi connectivity index (χ3v) is 8.85. The van der Waals surface area contributed by atoms with Crippen LogP contribution in [-0.4, -0.2) is 57.6 Å². The minimum Gasteiger partial charge on any atom is -0.478 e. The number of aromatic carboxylic acids is 1. The molecule has 1 aliphatic rings. The smallest absolute Gasteiger partial charge is 0.335 e. The zero-order chi connectivity index (χ0) is 31.6. The van der Waals surface area contributed by atoms with Crippen molar-refractivity contribution < 1.29 is 14.7 Å². The fourth-order valence-corrected chi connectivity index (χ4v) is 6.50. The van der Waals surface area contributed by atoms with Crippen LogP contribution in [0.5, 0.6) is 0 Å². The number of carbonyl (C=O) groups is 2. The van der Waals surface area contributed by atoms with Crippen molar-refractivity contribution in [2.24, 2.45) is 5.92 Å². The number of benzene rings is 1. The Bertz CT molecular complexity index is 1480. The first-order valence-electron chi connectivity index (χ1n) is 16.1. The van der Waals surface area contributed by atoms with E-state index >= 15 is 0 Å². The Morgan fingerprint density at radius 2 is 1.80 bits per heavy atom. The van der Waals surface area contributed by atoms with Crippen LogP contribution in [0.2, 0.25) is 0 Å². The molecule has 2 atom stereocenters. The van der Waals surface area contributed by atoms with Crippen LogP contribution in [0, 0.1) is 5.92 Å². The number of aromatic nitrogens is 2. The fourth-order valence-electron chi connectivity index (χ4n) is 6.50. The summed E-state index contributed by atoms with van der Waals surface area (Å²) in [5.41, 5.74) is 5.28. The van der Waals surface area contributed by atoms with Crippen molar-refractivity contribution in [1.82, 2.24) is 14.5 Å². The standard InChI is InChI=1S/C37H48N4O3/c1-6-9-11-13-27(4)34-32-16-15-29(37(43)44)25-33(32)41(35(34)28(5)12-8-3)26-30(14-10-7-2)36(42)40-23-21-39(22-24-40)31-17-19-38-20-18-31/h7-8,12,15-20,25,27,30H,2,5-6,9-11,13-14,21-24,26H2,1,3-4H3,(H,43,44)/b12-8-. The van der Waals surface area contributed by atoms with Gasteiger partial charge in [0.15, 0.2) is 0 Å². The molecule has 7 heteroatoms. The number of piperazine rings is 1. The third kappa shape index (κ3) is 7.50. The van der Waals surface area contributed by atoms with Crippen LogP contribution in [0.3, 0.4) is 0 Å². The van der Waals surface area contributed by atoms with E-state index in [2.05, 4.69) is 41.5 Å². The molecule has 1 N–H and O–H groups in total. The lowest BCUT2D eigenvalue weighted by Gasteiger charge is -2.37. The second kappa shape index (κ2) is 15.6. The molecule has 4 rings (SSSR count). The molecule has 234 valence electrons. The number of hydrogen-bond donors (Lipinski definition) is 1. The number of carboxylic acid groups (broad SMARTS) is 1. The lowest BCUT2D eigenvalue weighted by Crippen LogP contribution is -2.51. The van der Waals surface area contributed by atoms with Crippen molar-refractivity contribution in [2.75, 3.05) is 31.1 Å². The second-order valence-corrected chi connectivity index (χ2v) is 11.9. The number of carbonyl (C=O) groups excluding carboxylic acids is 1. The molecule has 0 aliphatic carbocycles. The predicted octanol–water partition coefficient (Wildman–Crippen LogP) is 7.94. The summed E-state index contributed by atoms with van der Waals surface area (Å²) < 4.78 is 2.19. The maximum Gasteiger partial charge on any atom is 0.335 e. The van der Waals surface area contributed by atoms with Crippen molar-refractivity contribution >= 4 is 34.0 Å². The third-order valence-electron chi connectivity index (χ3n) is 8.85. The maximum absolute atomic E-state index is 14.2. The molecule has 1 aromatic carbocycles. The molecule has 2 unspecified atom stereocenters. The number of unbranched alkanes of at least 4 members (excludes halogenated alkanes) is 2. The van der Waals surface area contributed by atoms with Gasteiger partial charge in [-0.3, -0.25) is 9.78 Å². The number of fused-ring (bicyclic) bond motifs is 1. The summed E-state index contributed by atoms with van der Waals surface area (Å²) in [4.78, 5) is 34.7. The number of hydrogen-bond acceptors (Lipinski definition) is 4. The average molecular weight is 597 g/mol. The molecule has 1 fully saturated rings. The summed E-state index contributed by atoms with van der Waals surface area (Å²) in [6.45, 7) is 18.1. The zero-order valence-corrected chi connectivity index (χ0v) is 26.7. The van der Waals surface area contributed by atoms with Crippen molar-refractivity contribution in [3.63, 3.8) is 0 Å². The number of nitrogens with zero attached hydrogens (tertiary/aromatic N) is 4. The number of carboxylic acids is 1. The van der Waals surface area contributed by atoms with E-state index in [0.717, 1.165) is 66.6 Å². The van der Waals surface area contributed by atoms with Crippen LogP contribution in [0.25, 0.3) is 16.5 Å². The molecule has 0 radical (unpaired) electrons. The highest BCUT2D eigenvalue weighted by Crippen LogP contribution is 2.39. The molecule has 7 nitrogen and oxygen atoms in total. The molecule has 0 spiro atoms. The molecule has 0 bridgehead atoms. The van der Waals surface area contributed by atoms with Crippen LogP contribution in [0.15, 0.2) is 74.1 Å². The van der Waals surface area contributed by atoms with Crippen LogP contribution >= 0.6 is 0 Å². The van der Waals surface area contributed by atoms with E-state index < -0.39 is 5.97 Å². The Balaban J connectivity index is 1.74. The SMILES string of the molecule is C=CCCC(Cn1c(C(=C)/C=C\C)c(C(C)CCCCC)c2ccc(C(=O)O)cc21)C(=O)N1CCN(c2ccncc2)CC1. The Labute approximate surface area is 262 Å². The number of allylic oxidation sites excluding steroid dienone is 4. The normalized spacial score (nSPS) is 15.1. The summed E-state index contributed by atoms with van der Waals surface area (Å²) in [6, 6.07) is 9.43. The van der Waals surface area contributed by atoms with E-state index in [1.165, 1.54) is 12.0 Å². The van der Waals surface area contributed by atoms with Gasteiger partial charge in [-0.05, 0) is 67.5 Å². The highest BCUT2D eigenvalue weighted by molar-refractivity contribution is 5.98. The van der Waals surface area contributed by atoms with E-state index in [4.69, 9.17) is 0 Å². The molecular weight excluding hydrogens is 548 g/mol. The van der Waals surface area contributed by atoms with E-state index in [1.54, 1.807) is 24.5 Å². The Hall–Kier alpha value is -4.13. The van der Waals surface area contributed by atoms with Crippen LogP contribution in [0.1, 0.15) is 86.8 Å². The summed E-state index contributed by atoms with van der Waals surface area (Å²) in [6.07, 6.45) is 15.3. The predicted molar refractivity (Wildman–Crippen MR) is 181 cm³/mol. The Morgan fingerprint density at radius 1 is 1.07 bits per heavy atom. The first kappa shape index (κ1) is 32.8. The number of pyridine rings is 1. The fraction of sp³-hybridized carbons (Fsp3) is 0.432. The van der Waals surface area contributed by atoms with E-state index in [1.807, 2.05) is 48.3 Å². The summed E-state index contributed by atoms with van der Waals surface area (Å²) >= 11 is 0. The molecule has 1 aliphatic heterocycles. The minimum atomic E-state index is -0.961. The zero-order valence-electron chi connectivity index (χ0n) is 26.7. The van der Waals surface area contributed by atoms with Gasteiger partial charge >= 0.3 is 5.97 Å². The minimum absolute atomic E-state index is 0.137. The van der Waals surface area contributed by atoms with E-state index in [0.29, 0.717) is 26.1 Å². The van der Waals surface area contributed by atoms with Gasteiger partial charge in [0.2, 0.25) is 5.91 Å². The molecule has 2 aromatic heterocycles. The highest BCUT2D eigenvalue weighted by atomic mass is 16.4. The topological polar surface area (TPSA) is 78.7 Å². The Kier molecular flexibility index (Phi) is 11.6. The van der Waals surface area contributed by atoms with Gasteiger partial charge in [0.25, 0.3) is 0 Å². The highest BCUT2D eigenvalue weighted by Gasteiger charge is 2.30. The lowest BCUT2D eigenvalue weighted by atomic mass is 9.90. The molecule has 1 amide bonds. The van der Waals surface area contributed by atoms with Gasteiger partial charge in [-0.15, -0.1) is 6.58 Å². The maximum atomic E-state index is 14.2. The van der Waals surface area contributed by atoms with Gasteiger partial charge in [0, 0.05) is 61.7 Å². The summed E-state index contributed by atoms with van der Waals surface area (Å²) in [5.74, 6) is -0.860. The van der Waals surface area contributed by atoms with Crippen molar-refractivity contribution in [1.29, 1.82) is 0 Å². The molecule has 0 saturated carbocycles. The quantitative estimate of drug-likeness (QED) is 0.109. The van der Waals surface area contributed by atoms with Crippen molar-refractivity contribution in [2.45, 2.75) is 71.8 Å². The van der Waals surface area contributed by atoms with Gasteiger partial charge < -0.3 is 19.5 Å². The first-order valence-corrected chi connectivity index (χ1v) is 16.1. The van der Waals surface area contributed by atoms with Gasteiger partial charge in [-0.25, -0.2) is 4.79 Å². The van der Waals surface area contributed by atoms with E-state index in [-0.39, 0.29) is 23.3 Å². The molecule has 3 heterocycles. The van der Waals surface area contributed by atoms with Gasteiger partial charge in [-0.2, -0.15) is 0 Å². The molecule has 44 heavy (non-hydrogen) atoms. The Morgan fingerprint density at radius 3 is 2.43 bits per heavy atom. The van der Waals surface area contributed by atoms with Gasteiger partial charge in [-0.1, -0.05) is 64.0 Å². The summed E-state index contributed by atoms with van der Waals surface area (Å²) in [5, 5.41) is 10.9. The van der Waals surface area contributed by atoms with Crippen LogP contribution in [-0.2, 0) is 11.3 Å². The van der Waals surface area contributed by atoms with Crippen molar-refractivity contribution in [3.05, 3.63) is 90.9 Å². The summed E-state index contributed by atoms with van der Waals surface area (Å²) in [7, 11) is 0. The molecular formula is C37H48N4O3. The van der Waals surface area contributed by atoms with Gasteiger partial charge in [0.05, 0.1) is 17.2 Å². The average Bonchev–Trinajstić information content (AvgIpc) is 3.36. The van der Waals surface area contributed by atoms with Crippen LogP contribution < -0.4 is 4.90 Å². The number of anilines is 1. The van der Waals surface area contributed by atoms with E-state index in [9.17, 15) is 14.7 Å². The number of rotatable bonds is 15. The van der Waals surface area contributed by atoms with Crippen LogP contribution in [0.4, 0.5) is 5.69 Å². The second-order valence-electron chi connectivity index (χ2n) is 11.9. The van der Waals surface area contributed by atoms with Crippen molar-refractivity contribution in [3.8, 4) is 0 Å². The van der Waals surface area contributed by atoms with Gasteiger partial charge in [0.1, 0.15) is 0 Å². The number of amides is 1. The first-order chi connectivity index (χ1) is 21.3. The lowest BCUT2D eigenvalue weighted by molar-refractivity contribution is -0.136. The largest absolute Gasteiger partial charge is 0.478 e. The molecule has 1 saturated heterocycles. The monoisotopic (exact) mass is 596 g/mol. The molecule has 3 aromatic rings.